The maximum atomic E-state index is 13.1. The molecule has 0 radical (unpaired) electrons. The fourth-order valence-corrected chi connectivity index (χ4v) is 2.30. The number of benzene rings is 1. The molecule has 1 N–H and O–H groups in total. The normalized spacial score (nSPS) is 10.7. The molecule has 7 heteroatoms. The minimum Gasteiger partial charge on any atom is -0.296 e. The number of nitrogens with zero attached hydrogens (tertiary/aromatic N) is 3. The van der Waals surface area contributed by atoms with E-state index in [2.05, 4.69) is 20.5 Å². The number of aryl methyl sites for hydroxylation is 1. The summed E-state index contributed by atoms with van der Waals surface area (Å²) in [5.74, 6) is -0.659. The lowest BCUT2D eigenvalue weighted by atomic mass is 10.1. The van der Waals surface area contributed by atoms with E-state index in [-0.39, 0.29) is 11.7 Å². The van der Waals surface area contributed by atoms with Gasteiger partial charge in [-0.3, -0.25) is 15.1 Å². The Morgan fingerprint density at radius 3 is 2.95 bits per heavy atom. The third-order valence-corrected chi connectivity index (χ3v) is 3.40. The van der Waals surface area contributed by atoms with Crippen molar-refractivity contribution in [1.82, 2.24) is 15.2 Å². The van der Waals surface area contributed by atoms with Crippen molar-refractivity contribution in [2.24, 2.45) is 0 Å². The van der Waals surface area contributed by atoms with Gasteiger partial charge in [0.25, 0.3) is 5.91 Å². The average molecular weight is 288 g/mol. The van der Waals surface area contributed by atoms with E-state index in [9.17, 15) is 9.18 Å². The van der Waals surface area contributed by atoms with E-state index in [1.54, 1.807) is 19.1 Å². The van der Waals surface area contributed by atoms with Crippen LogP contribution >= 0.6 is 11.3 Å². The largest absolute Gasteiger partial charge is 0.296 e. The summed E-state index contributed by atoms with van der Waals surface area (Å²) in [6.45, 7) is 1.71. The van der Waals surface area contributed by atoms with Crippen molar-refractivity contribution in [3.8, 4) is 0 Å². The first-order chi connectivity index (χ1) is 9.63. The molecule has 0 saturated carbocycles. The summed E-state index contributed by atoms with van der Waals surface area (Å²) in [7, 11) is 0. The van der Waals surface area contributed by atoms with Gasteiger partial charge in [0.05, 0.1) is 16.8 Å². The van der Waals surface area contributed by atoms with Crippen molar-refractivity contribution in [1.29, 1.82) is 0 Å². The molecule has 3 aromatic rings. The molecule has 100 valence electrons. The molecule has 0 fully saturated rings. The standard InChI is InChI=1S/C13H9FN4OS/c1-7-10(12(19)17-13-18-15-6-20-13)4-8-2-3-9(14)5-11(8)16-7/h2-6H,1H3,(H,17,18,19). The first kappa shape index (κ1) is 12.6. The second-order valence-electron chi connectivity index (χ2n) is 4.16. The highest BCUT2D eigenvalue weighted by atomic mass is 32.1. The van der Waals surface area contributed by atoms with Crippen molar-refractivity contribution in [2.75, 3.05) is 5.32 Å². The Morgan fingerprint density at radius 1 is 1.35 bits per heavy atom. The van der Waals surface area contributed by atoms with Crippen LogP contribution in [0, 0.1) is 12.7 Å². The van der Waals surface area contributed by atoms with Gasteiger partial charge in [-0.15, -0.1) is 10.2 Å². The molecule has 1 amide bonds. The van der Waals surface area contributed by atoms with Gasteiger partial charge in [-0.2, -0.15) is 0 Å². The predicted octanol–water partition coefficient (Wildman–Crippen LogP) is 2.79. The van der Waals surface area contributed by atoms with Gasteiger partial charge in [-0.1, -0.05) is 11.3 Å². The van der Waals surface area contributed by atoms with Gasteiger partial charge in [-0.25, -0.2) is 4.39 Å². The number of nitrogens with one attached hydrogen (secondary N) is 1. The highest BCUT2D eigenvalue weighted by Crippen LogP contribution is 2.19. The Labute approximate surface area is 117 Å². The van der Waals surface area contributed by atoms with Crippen molar-refractivity contribution >= 4 is 33.3 Å². The summed E-state index contributed by atoms with van der Waals surface area (Å²) >= 11 is 1.23. The molecular weight excluding hydrogens is 279 g/mol. The Bertz CT molecular complexity index is 788. The van der Waals surface area contributed by atoms with E-state index in [0.29, 0.717) is 27.3 Å². The molecule has 0 atom stereocenters. The Hall–Kier alpha value is -2.41. The maximum absolute atomic E-state index is 13.1. The lowest BCUT2D eigenvalue weighted by Gasteiger charge is -2.07. The molecule has 20 heavy (non-hydrogen) atoms. The van der Waals surface area contributed by atoms with Crippen LogP contribution in [-0.4, -0.2) is 21.1 Å². The van der Waals surface area contributed by atoms with Crippen LogP contribution in [-0.2, 0) is 0 Å². The van der Waals surface area contributed by atoms with E-state index >= 15 is 0 Å². The van der Waals surface area contributed by atoms with Gasteiger partial charge in [0.1, 0.15) is 11.3 Å². The minimum absolute atomic E-state index is 0.307. The van der Waals surface area contributed by atoms with Crippen LogP contribution in [0.25, 0.3) is 10.9 Å². The summed E-state index contributed by atoms with van der Waals surface area (Å²) in [6, 6.07) is 5.97. The quantitative estimate of drug-likeness (QED) is 0.787. The Kier molecular flexibility index (Phi) is 3.11. The average Bonchev–Trinajstić information content (AvgIpc) is 2.90. The van der Waals surface area contributed by atoms with Crippen LogP contribution in [0.1, 0.15) is 16.1 Å². The number of fused-ring (bicyclic) bond motifs is 1. The summed E-state index contributed by atoms with van der Waals surface area (Å²) < 4.78 is 13.1. The van der Waals surface area contributed by atoms with Crippen molar-refractivity contribution in [2.45, 2.75) is 6.92 Å². The van der Waals surface area contributed by atoms with Gasteiger partial charge in [0.2, 0.25) is 5.13 Å². The second kappa shape index (κ2) is 4.93. The number of hydrogen-bond donors (Lipinski definition) is 1. The fraction of sp³-hybridized carbons (Fsp3) is 0.0769. The van der Waals surface area contributed by atoms with Crippen LogP contribution in [0.5, 0.6) is 0 Å². The first-order valence-corrected chi connectivity index (χ1v) is 6.66. The van der Waals surface area contributed by atoms with Crippen molar-refractivity contribution < 1.29 is 9.18 Å². The summed E-state index contributed by atoms with van der Waals surface area (Å²) in [6.07, 6.45) is 0. The molecule has 2 heterocycles. The Morgan fingerprint density at radius 2 is 2.20 bits per heavy atom. The second-order valence-corrected chi connectivity index (χ2v) is 4.99. The van der Waals surface area contributed by atoms with Crippen LogP contribution in [0.4, 0.5) is 9.52 Å². The number of anilines is 1. The number of rotatable bonds is 2. The highest BCUT2D eigenvalue weighted by Gasteiger charge is 2.13. The van der Waals surface area contributed by atoms with Gasteiger partial charge >= 0.3 is 0 Å². The third kappa shape index (κ3) is 2.35. The van der Waals surface area contributed by atoms with Gasteiger partial charge in [0.15, 0.2) is 0 Å². The number of carbonyl (C=O) groups is 1. The number of carbonyl (C=O) groups excluding carboxylic acids is 1. The molecule has 0 unspecified atom stereocenters. The summed E-state index contributed by atoms with van der Waals surface area (Å²) in [5.41, 5.74) is 3.02. The van der Waals surface area contributed by atoms with Crippen LogP contribution in [0.2, 0.25) is 0 Å². The van der Waals surface area contributed by atoms with Crippen LogP contribution < -0.4 is 5.32 Å². The topological polar surface area (TPSA) is 67.8 Å². The zero-order valence-electron chi connectivity index (χ0n) is 10.4. The van der Waals surface area contributed by atoms with Crippen LogP contribution in [0.15, 0.2) is 29.8 Å². The smallest absolute Gasteiger partial charge is 0.259 e. The molecule has 1 aromatic carbocycles. The molecule has 0 aliphatic carbocycles. The molecule has 0 spiro atoms. The molecule has 3 rings (SSSR count). The Balaban J connectivity index is 2.00. The van der Waals surface area contributed by atoms with E-state index in [1.165, 1.54) is 29.0 Å². The molecule has 0 saturated heterocycles. The molecule has 0 aliphatic rings. The predicted molar refractivity (Wildman–Crippen MR) is 74.3 cm³/mol. The van der Waals surface area contributed by atoms with Gasteiger partial charge < -0.3 is 0 Å². The van der Waals surface area contributed by atoms with Gasteiger partial charge in [-0.05, 0) is 25.1 Å². The lowest BCUT2D eigenvalue weighted by molar-refractivity contribution is 0.102. The SMILES string of the molecule is Cc1nc2cc(F)ccc2cc1C(=O)Nc1nncs1. The molecular formula is C13H9FN4OS. The zero-order chi connectivity index (χ0) is 14.1. The summed E-state index contributed by atoms with van der Waals surface area (Å²) in [4.78, 5) is 16.4. The third-order valence-electron chi connectivity index (χ3n) is 2.80. The number of aromatic nitrogens is 3. The molecule has 0 bridgehead atoms. The minimum atomic E-state index is -0.351. The number of amides is 1. The highest BCUT2D eigenvalue weighted by molar-refractivity contribution is 7.13. The maximum Gasteiger partial charge on any atom is 0.259 e. The van der Waals surface area contributed by atoms with E-state index in [4.69, 9.17) is 0 Å². The summed E-state index contributed by atoms with van der Waals surface area (Å²) in [5, 5.41) is 11.2. The van der Waals surface area contributed by atoms with E-state index < -0.39 is 0 Å². The van der Waals surface area contributed by atoms with E-state index in [0.717, 1.165) is 0 Å². The van der Waals surface area contributed by atoms with Crippen molar-refractivity contribution in [3.05, 3.63) is 46.9 Å². The first-order valence-electron chi connectivity index (χ1n) is 5.78. The van der Waals surface area contributed by atoms with E-state index in [1.807, 2.05) is 0 Å². The molecule has 0 aliphatic heterocycles. The van der Waals surface area contributed by atoms with Gasteiger partial charge in [0, 0.05) is 11.5 Å². The number of hydrogen-bond acceptors (Lipinski definition) is 5. The monoisotopic (exact) mass is 288 g/mol. The number of halogens is 1. The lowest BCUT2D eigenvalue weighted by Crippen LogP contribution is -2.14. The zero-order valence-corrected chi connectivity index (χ0v) is 11.2. The van der Waals surface area contributed by atoms with Crippen molar-refractivity contribution in [3.63, 3.8) is 0 Å². The molecule has 2 aromatic heterocycles. The van der Waals surface area contributed by atoms with Crippen LogP contribution in [0.3, 0.4) is 0 Å². The number of pyridine rings is 1. The fourth-order valence-electron chi connectivity index (χ4n) is 1.86. The molecule has 5 nitrogen and oxygen atoms in total.